The standard InChI is InChI=1S/C14H13ClN2O.ClH/c1-10-7-11(2)9-17(8-10)16-14(18)12-3-5-13(15)6-4-12;/h3-9H,1-2H3;1H. The van der Waals surface area contributed by atoms with Crippen LogP contribution in [-0.2, 0) is 0 Å². The molecule has 0 fully saturated rings. The zero-order valence-corrected chi connectivity index (χ0v) is 12.2. The Hall–Kier alpha value is -1.58. The lowest BCUT2D eigenvalue weighted by molar-refractivity contribution is -0.642. The Labute approximate surface area is 123 Å². The molecule has 0 unspecified atom stereocenters. The smallest absolute Gasteiger partial charge is 0.305 e. The third kappa shape index (κ3) is 4.23. The van der Waals surface area contributed by atoms with Gasteiger partial charge in [0.25, 0.3) is 0 Å². The molecule has 0 aliphatic heterocycles. The monoisotopic (exact) mass is 296 g/mol. The van der Waals surface area contributed by atoms with Crippen molar-refractivity contribution in [2.75, 3.05) is 5.43 Å². The summed E-state index contributed by atoms with van der Waals surface area (Å²) in [6.45, 7) is 3.97. The number of amides is 1. The molecule has 2 rings (SSSR count). The molecule has 0 spiro atoms. The fraction of sp³-hybridized carbons (Fsp3) is 0.143. The van der Waals surface area contributed by atoms with Crippen LogP contribution in [0.15, 0.2) is 42.7 Å². The van der Waals surface area contributed by atoms with E-state index in [9.17, 15) is 4.79 Å². The van der Waals surface area contributed by atoms with Gasteiger partial charge in [0.15, 0.2) is 0 Å². The number of nitrogens with one attached hydrogen (secondary N) is 1. The quantitative estimate of drug-likeness (QED) is 0.754. The van der Waals surface area contributed by atoms with Crippen LogP contribution in [-0.4, -0.2) is 5.91 Å². The van der Waals surface area contributed by atoms with Gasteiger partial charge in [-0.05, 0) is 44.2 Å². The zero-order chi connectivity index (χ0) is 13.1. The molecular formula is C14H14Cl2N2O. The van der Waals surface area contributed by atoms with Crippen LogP contribution in [0.3, 0.4) is 0 Å². The SMILES string of the molecule is Cc1cc(C)c[n+](NC(=O)c2ccc(Cl)cc2)c1.[Cl-]. The zero-order valence-electron chi connectivity index (χ0n) is 10.7. The minimum absolute atomic E-state index is 0. The number of nitrogens with zero attached hydrogens (tertiary/aromatic N) is 1. The van der Waals surface area contributed by atoms with Gasteiger partial charge in [-0.3, -0.25) is 4.79 Å². The van der Waals surface area contributed by atoms with E-state index in [0.717, 1.165) is 11.1 Å². The van der Waals surface area contributed by atoms with Crippen LogP contribution in [0.25, 0.3) is 0 Å². The second-order valence-corrected chi connectivity index (χ2v) is 4.68. The Morgan fingerprint density at radius 1 is 1.11 bits per heavy atom. The summed E-state index contributed by atoms with van der Waals surface area (Å²) in [4.78, 5) is 12.0. The molecule has 100 valence electrons. The molecule has 19 heavy (non-hydrogen) atoms. The third-order valence-corrected chi connectivity index (χ3v) is 2.73. The Morgan fingerprint density at radius 2 is 1.63 bits per heavy atom. The first kappa shape index (κ1) is 15.5. The van der Waals surface area contributed by atoms with Crippen LogP contribution < -0.4 is 22.5 Å². The fourth-order valence-corrected chi connectivity index (χ4v) is 1.88. The van der Waals surface area contributed by atoms with E-state index in [1.807, 2.05) is 32.3 Å². The molecule has 3 nitrogen and oxygen atoms in total. The molecule has 1 heterocycles. The van der Waals surface area contributed by atoms with Crippen molar-refractivity contribution in [2.24, 2.45) is 0 Å². The summed E-state index contributed by atoms with van der Waals surface area (Å²) in [7, 11) is 0. The lowest BCUT2D eigenvalue weighted by atomic mass is 10.2. The van der Waals surface area contributed by atoms with E-state index in [0.29, 0.717) is 10.6 Å². The maximum absolute atomic E-state index is 12.0. The summed E-state index contributed by atoms with van der Waals surface area (Å²) in [5.74, 6) is -0.165. The van der Waals surface area contributed by atoms with Crippen LogP contribution in [0.5, 0.6) is 0 Å². The van der Waals surface area contributed by atoms with Crippen LogP contribution in [0, 0.1) is 13.8 Å². The number of carbonyl (C=O) groups is 1. The normalized spacial score (nSPS) is 9.63. The van der Waals surface area contributed by atoms with Gasteiger partial charge in [0.2, 0.25) is 12.4 Å². The summed E-state index contributed by atoms with van der Waals surface area (Å²) >= 11 is 5.78. The number of benzene rings is 1. The molecule has 0 atom stereocenters. The average Bonchev–Trinajstić information content (AvgIpc) is 2.28. The second-order valence-electron chi connectivity index (χ2n) is 4.25. The minimum Gasteiger partial charge on any atom is -1.00 e. The van der Waals surface area contributed by atoms with E-state index in [1.165, 1.54) is 0 Å². The van der Waals surface area contributed by atoms with Gasteiger partial charge >= 0.3 is 5.91 Å². The van der Waals surface area contributed by atoms with Gasteiger partial charge in [-0.25, -0.2) is 0 Å². The van der Waals surface area contributed by atoms with Crippen LogP contribution in [0.4, 0.5) is 0 Å². The molecule has 0 aliphatic rings. The van der Waals surface area contributed by atoms with Crippen molar-refractivity contribution >= 4 is 17.5 Å². The summed E-state index contributed by atoms with van der Waals surface area (Å²) in [6.07, 6.45) is 3.72. The lowest BCUT2D eigenvalue weighted by Gasteiger charge is -2.01. The first-order valence-electron chi connectivity index (χ1n) is 5.61. The van der Waals surface area contributed by atoms with E-state index in [-0.39, 0.29) is 18.3 Å². The van der Waals surface area contributed by atoms with Crippen LogP contribution in [0.2, 0.25) is 5.02 Å². The van der Waals surface area contributed by atoms with Gasteiger partial charge in [0, 0.05) is 21.7 Å². The lowest BCUT2D eigenvalue weighted by Crippen LogP contribution is -3.00. The highest BCUT2D eigenvalue weighted by atomic mass is 35.5. The maximum atomic E-state index is 12.0. The summed E-state index contributed by atoms with van der Waals surface area (Å²) in [6, 6.07) is 8.83. The van der Waals surface area contributed by atoms with Crippen molar-refractivity contribution in [1.29, 1.82) is 0 Å². The van der Waals surface area contributed by atoms with Gasteiger partial charge in [-0.15, -0.1) is 5.43 Å². The predicted molar refractivity (Wildman–Crippen MR) is 71.3 cm³/mol. The van der Waals surface area contributed by atoms with E-state index < -0.39 is 0 Å². The number of aromatic nitrogens is 1. The van der Waals surface area contributed by atoms with Crippen molar-refractivity contribution in [2.45, 2.75) is 13.8 Å². The van der Waals surface area contributed by atoms with Crippen LogP contribution in [0.1, 0.15) is 21.5 Å². The molecule has 1 N–H and O–H groups in total. The summed E-state index contributed by atoms with van der Waals surface area (Å²) in [5, 5.41) is 0.616. The number of aryl methyl sites for hydroxylation is 2. The van der Waals surface area contributed by atoms with Gasteiger partial charge in [-0.1, -0.05) is 16.3 Å². The molecule has 5 heteroatoms. The van der Waals surface area contributed by atoms with Crippen molar-refractivity contribution < 1.29 is 21.9 Å². The Kier molecular flexibility index (Phi) is 5.33. The van der Waals surface area contributed by atoms with Crippen molar-refractivity contribution in [3.63, 3.8) is 0 Å². The number of pyridine rings is 1. The Balaban J connectivity index is 0.00000180. The number of hydrogen-bond acceptors (Lipinski definition) is 1. The number of halogens is 2. The molecular weight excluding hydrogens is 283 g/mol. The first-order chi connectivity index (χ1) is 8.54. The maximum Gasteiger partial charge on any atom is 0.305 e. The largest absolute Gasteiger partial charge is 1.00 e. The highest BCUT2D eigenvalue weighted by Crippen LogP contribution is 2.09. The molecule has 0 aliphatic carbocycles. The van der Waals surface area contributed by atoms with Crippen LogP contribution >= 0.6 is 11.6 Å². The predicted octanol–water partition coefficient (Wildman–Crippen LogP) is -0.368. The van der Waals surface area contributed by atoms with E-state index >= 15 is 0 Å². The Bertz CT molecular complexity index is 562. The minimum atomic E-state index is -0.165. The van der Waals surface area contributed by atoms with Gasteiger partial charge < -0.3 is 12.4 Å². The van der Waals surface area contributed by atoms with E-state index in [4.69, 9.17) is 11.6 Å². The van der Waals surface area contributed by atoms with Gasteiger partial charge in [0.1, 0.15) is 0 Å². The van der Waals surface area contributed by atoms with Crippen molar-refractivity contribution in [1.82, 2.24) is 0 Å². The molecule has 0 bridgehead atoms. The molecule has 2 aromatic rings. The molecule has 1 aromatic heterocycles. The summed E-state index contributed by atoms with van der Waals surface area (Å²) < 4.78 is 1.67. The molecule has 0 saturated carbocycles. The number of carbonyl (C=O) groups excluding carboxylic acids is 1. The first-order valence-corrected chi connectivity index (χ1v) is 5.99. The third-order valence-electron chi connectivity index (χ3n) is 2.48. The van der Waals surface area contributed by atoms with E-state index in [2.05, 4.69) is 5.43 Å². The highest BCUT2D eigenvalue weighted by molar-refractivity contribution is 6.30. The topological polar surface area (TPSA) is 33.0 Å². The van der Waals surface area contributed by atoms with Crippen molar-refractivity contribution in [3.05, 3.63) is 64.4 Å². The van der Waals surface area contributed by atoms with Gasteiger partial charge in [0.05, 0.1) is 0 Å². The second kappa shape index (κ2) is 6.55. The molecule has 1 aromatic carbocycles. The summed E-state index contributed by atoms with van der Waals surface area (Å²) in [5.41, 5.74) is 5.55. The van der Waals surface area contributed by atoms with E-state index in [1.54, 1.807) is 28.9 Å². The molecule has 1 amide bonds. The number of rotatable bonds is 2. The Morgan fingerprint density at radius 3 is 2.16 bits per heavy atom. The highest BCUT2D eigenvalue weighted by Gasteiger charge is 2.11. The van der Waals surface area contributed by atoms with Gasteiger partial charge in [-0.2, -0.15) is 0 Å². The van der Waals surface area contributed by atoms with Crippen molar-refractivity contribution in [3.8, 4) is 0 Å². The number of hydrogen-bond donors (Lipinski definition) is 1. The average molecular weight is 297 g/mol. The molecule has 0 saturated heterocycles. The molecule has 0 radical (unpaired) electrons. The fourth-order valence-electron chi connectivity index (χ4n) is 1.76.